The maximum absolute atomic E-state index is 11.2. The third kappa shape index (κ3) is 3.78. The summed E-state index contributed by atoms with van der Waals surface area (Å²) in [6.45, 7) is 0. The van der Waals surface area contributed by atoms with Crippen LogP contribution in [0.1, 0.15) is 6.42 Å². The van der Waals surface area contributed by atoms with E-state index < -0.39 is 36.2 Å². The van der Waals surface area contributed by atoms with Crippen molar-refractivity contribution in [3.05, 3.63) is 0 Å². The van der Waals surface area contributed by atoms with E-state index in [-0.39, 0.29) is 0 Å². The topological polar surface area (TPSA) is 186 Å². The largest absolute Gasteiger partial charge is 0.382 e. The van der Waals surface area contributed by atoms with E-state index in [0.29, 0.717) is 0 Å². The van der Waals surface area contributed by atoms with Gasteiger partial charge in [-0.3, -0.25) is 30.7 Å². The van der Waals surface area contributed by atoms with Crippen LogP contribution in [0.4, 0.5) is 0 Å². The van der Waals surface area contributed by atoms with Crippen LogP contribution in [0.15, 0.2) is 0 Å². The highest BCUT2D eigenvalue weighted by Crippen LogP contribution is 2.09. The fourth-order valence-corrected chi connectivity index (χ4v) is 0.982. The van der Waals surface area contributed by atoms with Crippen LogP contribution in [0.5, 0.6) is 0 Å². The van der Waals surface area contributed by atoms with E-state index in [1.807, 2.05) is 0 Å². The van der Waals surface area contributed by atoms with Gasteiger partial charge in [-0.05, 0) is 0 Å². The highest BCUT2D eigenvalue weighted by atomic mass is 16.3. The minimum atomic E-state index is -1.80. The van der Waals surface area contributed by atoms with E-state index in [1.54, 1.807) is 16.3 Å². The van der Waals surface area contributed by atoms with Gasteiger partial charge in [-0.2, -0.15) is 0 Å². The number of nitrogens with two attached hydrogens (primary N) is 3. The average molecular weight is 234 g/mol. The lowest BCUT2D eigenvalue weighted by Gasteiger charge is -2.18. The third-order valence-electron chi connectivity index (χ3n) is 1.84. The molecular formula is C6H14N6O4. The zero-order valence-corrected chi connectivity index (χ0v) is 8.27. The molecule has 0 bridgehead atoms. The highest BCUT2D eigenvalue weighted by Gasteiger charge is 2.33. The van der Waals surface area contributed by atoms with Gasteiger partial charge in [0.05, 0.1) is 5.92 Å². The van der Waals surface area contributed by atoms with Crippen LogP contribution in [0.2, 0.25) is 0 Å². The number of aliphatic hydroxyl groups is 1. The molecule has 0 fully saturated rings. The maximum atomic E-state index is 11.2. The number of hydrazine groups is 3. The second-order valence-corrected chi connectivity index (χ2v) is 2.84. The van der Waals surface area contributed by atoms with Crippen molar-refractivity contribution < 1.29 is 19.5 Å². The molecule has 0 radical (unpaired) electrons. The average Bonchev–Trinajstić information content (AvgIpc) is 2.32. The van der Waals surface area contributed by atoms with Gasteiger partial charge in [0, 0.05) is 6.42 Å². The van der Waals surface area contributed by atoms with Crippen LogP contribution in [0.25, 0.3) is 0 Å². The van der Waals surface area contributed by atoms with Crippen LogP contribution in [0, 0.1) is 5.92 Å². The number of aliphatic hydroxyl groups excluding tert-OH is 1. The Labute approximate surface area is 90.4 Å². The molecule has 0 rings (SSSR count). The van der Waals surface area contributed by atoms with Crippen molar-refractivity contribution in [1.29, 1.82) is 0 Å². The number of amides is 3. The molecule has 0 aliphatic rings. The second kappa shape index (κ2) is 6.68. The van der Waals surface area contributed by atoms with E-state index in [9.17, 15) is 19.5 Å². The molecule has 92 valence electrons. The summed E-state index contributed by atoms with van der Waals surface area (Å²) in [5.74, 6) is 10.4. The summed E-state index contributed by atoms with van der Waals surface area (Å²) in [6.07, 6.45) is -2.31. The monoisotopic (exact) mass is 234 g/mol. The Morgan fingerprint density at radius 1 is 1.00 bits per heavy atom. The van der Waals surface area contributed by atoms with Crippen molar-refractivity contribution in [2.45, 2.75) is 12.5 Å². The number of hydrogen-bond acceptors (Lipinski definition) is 7. The molecule has 0 heterocycles. The summed E-state index contributed by atoms with van der Waals surface area (Å²) in [6, 6.07) is 0. The molecule has 2 atom stereocenters. The van der Waals surface area contributed by atoms with Gasteiger partial charge in [-0.1, -0.05) is 0 Å². The second-order valence-electron chi connectivity index (χ2n) is 2.84. The minimum absolute atomic E-state index is 0.506. The predicted octanol–water partition coefficient (Wildman–Crippen LogP) is -4.68. The minimum Gasteiger partial charge on any atom is -0.382 e. The van der Waals surface area contributed by atoms with Crippen LogP contribution >= 0.6 is 0 Å². The zero-order chi connectivity index (χ0) is 12.7. The van der Waals surface area contributed by atoms with Crippen molar-refractivity contribution in [1.82, 2.24) is 16.3 Å². The molecule has 0 aliphatic carbocycles. The van der Waals surface area contributed by atoms with E-state index >= 15 is 0 Å². The van der Waals surface area contributed by atoms with Crippen LogP contribution < -0.4 is 33.8 Å². The van der Waals surface area contributed by atoms with Crippen molar-refractivity contribution in [3.63, 3.8) is 0 Å². The molecule has 10 heteroatoms. The molecule has 0 aromatic heterocycles. The van der Waals surface area contributed by atoms with Gasteiger partial charge in [0.2, 0.25) is 11.8 Å². The molecular weight excluding hydrogens is 220 g/mol. The molecule has 2 unspecified atom stereocenters. The van der Waals surface area contributed by atoms with Gasteiger partial charge in [0.25, 0.3) is 5.91 Å². The molecule has 0 aromatic rings. The van der Waals surface area contributed by atoms with E-state index in [2.05, 4.69) is 0 Å². The predicted molar refractivity (Wildman–Crippen MR) is 51.1 cm³/mol. The molecule has 3 amide bonds. The summed E-state index contributed by atoms with van der Waals surface area (Å²) in [4.78, 5) is 33.1. The molecule has 0 spiro atoms. The van der Waals surface area contributed by atoms with Crippen molar-refractivity contribution >= 4 is 17.7 Å². The van der Waals surface area contributed by atoms with Gasteiger partial charge in [-0.25, -0.2) is 17.5 Å². The number of carbonyl (C=O) groups excluding carboxylic acids is 3. The zero-order valence-electron chi connectivity index (χ0n) is 8.27. The SMILES string of the molecule is NNC(=O)CC(C(=O)NN)C(O)C(=O)NN. The van der Waals surface area contributed by atoms with Crippen molar-refractivity contribution in [3.8, 4) is 0 Å². The fourth-order valence-electron chi connectivity index (χ4n) is 0.982. The number of nitrogens with one attached hydrogen (secondary N) is 3. The number of hydrogen-bond donors (Lipinski definition) is 7. The number of carbonyl (C=O) groups is 3. The maximum Gasteiger partial charge on any atom is 0.263 e. The Kier molecular flexibility index (Phi) is 5.95. The molecule has 0 saturated carbocycles. The first-order valence-electron chi connectivity index (χ1n) is 4.16. The fraction of sp³-hybridized carbons (Fsp3) is 0.500. The lowest BCUT2D eigenvalue weighted by molar-refractivity contribution is -0.142. The molecule has 0 aliphatic heterocycles. The Morgan fingerprint density at radius 2 is 1.50 bits per heavy atom. The Morgan fingerprint density at radius 3 is 1.88 bits per heavy atom. The Bertz CT molecular complexity index is 282. The summed E-state index contributed by atoms with van der Waals surface area (Å²) in [5.41, 5.74) is 5.11. The first kappa shape index (κ1) is 14.2. The van der Waals surface area contributed by atoms with Crippen molar-refractivity contribution in [2.75, 3.05) is 0 Å². The van der Waals surface area contributed by atoms with E-state index in [4.69, 9.17) is 17.5 Å². The summed E-state index contributed by atoms with van der Waals surface area (Å²) in [5, 5.41) is 9.39. The van der Waals surface area contributed by atoms with Crippen LogP contribution in [0.3, 0.4) is 0 Å². The molecule has 10 nitrogen and oxygen atoms in total. The molecule has 0 aromatic carbocycles. The van der Waals surface area contributed by atoms with Gasteiger partial charge in [0.15, 0.2) is 0 Å². The summed E-state index contributed by atoms with van der Waals surface area (Å²) < 4.78 is 0. The van der Waals surface area contributed by atoms with Gasteiger partial charge in [-0.15, -0.1) is 0 Å². The van der Waals surface area contributed by atoms with Crippen molar-refractivity contribution in [2.24, 2.45) is 23.4 Å². The molecule has 0 saturated heterocycles. The lowest BCUT2D eigenvalue weighted by Crippen LogP contribution is -2.50. The van der Waals surface area contributed by atoms with Gasteiger partial charge in [0.1, 0.15) is 6.10 Å². The normalized spacial score (nSPS) is 13.5. The smallest absolute Gasteiger partial charge is 0.263 e. The molecule has 10 N–H and O–H groups in total. The summed E-state index contributed by atoms with van der Waals surface area (Å²) in [7, 11) is 0. The molecule has 16 heavy (non-hydrogen) atoms. The first-order chi connectivity index (χ1) is 7.47. The highest BCUT2D eigenvalue weighted by molar-refractivity contribution is 5.91. The van der Waals surface area contributed by atoms with E-state index in [0.717, 1.165) is 0 Å². The lowest BCUT2D eigenvalue weighted by atomic mass is 9.97. The van der Waals surface area contributed by atoms with Crippen LogP contribution in [-0.2, 0) is 14.4 Å². The van der Waals surface area contributed by atoms with Gasteiger partial charge >= 0.3 is 0 Å². The quantitative estimate of drug-likeness (QED) is 0.141. The van der Waals surface area contributed by atoms with Gasteiger partial charge < -0.3 is 5.11 Å². The summed E-state index contributed by atoms with van der Waals surface area (Å²) >= 11 is 0. The first-order valence-corrected chi connectivity index (χ1v) is 4.16. The number of rotatable bonds is 5. The van der Waals surface area contributed by atoms with Crippen LogP contribution in [-0.4, -0.2) is 28.9 Å². The third-order valence-corrected chi connectivity index (χ3v) is 1.84. The van der Waals surface area contributed by atoms with E-state index in [1.165, 1.54) is 0 Å². The Hall–Kier alpha value is -1.75. The Balaban J connectivity index is 4.72. The standard InChI is InChI=1S/C6H14N6O4/c7-10-3(13)1-2(5(15)11-8)4(14)6(16)12-9/h2,4,14H,1,7-9H2,(H,10,13)(H,11,15)(H,12,16).